The number of rotatable bonds is 19. The van der Waals surface area contributed by atoms with Gasteiger partial charge in [-0.25, -0.2) is 4.79 Å². The first-order chi connectivity index (χ1) is 20.7. The molecule has 9 heteroatoms. The molecule has 6 nitrogen and oxygen atoms in total. The smallest absolute Gasteiger partial charge is 0.334 e. The number of ether oxygens (including phenoxy) is 2. The molecule has 0 saturated heterocycles. The van der Waals surface area contributed by atoms with E-state index >= 15 is 0 Å². The summed E-state index contributed by atoms with van der Waals surface area (Å²) < 4.78 is 24.2. The quantitative estimate of drug-likeness (QED) is 0.0580. The van der Waals surface area contributed by atoms with Crippen LogP contribution in [0.15, 0.2) is 22.6 Å². The highest BCUT2D eigenvalue weighted by Crippen LogP contribution is 2.47. The van der Waals surface area contributed by atoms with E-state index < -0.39 is 16.6 Å². The Kier molecular flexibility index (Phi) is 17.4. The number of esters is 2. The monoisotopic (exact) mass is 684 g/mol. The second kappa shape index (κ2) is 18.6. The number of thioether (sulfide) groups is 1. The van der Waals surface area contributed by atoms with Crippen LogP contribution in [0.1, 0.15) is 113 Å². The first kappa shape index (κ1) is 42.1. The third-order valence-corrected chi connectivity index (χ3v) is 20.4. The van der Waals surface area contributed by atoms with E-state index in [4.69, 9.17) is 18.3 Å². The fraction of sp³-hybridized carbons (Fsp3) is 0.833. The number of unbranched alkanes of at least 4 members (excludes halogenated alkanes) is 3. The van der Waals surface area contributed by atoms with E-state index in [-0.39, 0.29) is 40.1 Å². The number of hydrogen-bond acceptors (Lipinski definition) is 7. The highest BCUT2D eigenvalue weighted by molar-refractivity contribution is 8.03. The molecule has 0 aromatic carbocycles. The molecule has 0 radical (unpaired) electrons. The van der Waals surface area contributed by atoms with Crippen LogP contribution in [0.4, 0.5) is 0 Å². The average Bonchev–Trinajstić information content (AvgIpc) is 3.26. The van der Waals surface area contributed by atoms with Gasteiger partial charge in [0.15, 0.2) is 16.6 Å². The molecule has 0 spiro atoms. The van der Waals surface area contributed by atoms with Crippen molar-refractivity contribution in [3.05, 3.63) is 22.6 Å². The van der Waals surface area contributed by atoms with Gasteiger partial charge in [0, 0.05) is 29.2 Å². The Bertz CT molecular complexity index is 992. The van der Waals surface area contributed by atoms with Gasteiger partial charge < -0.3 is 18.3 Å². The lowest BCUT2D eigenvalue weighted by Gasteiger charge is -2.40. The van der Waals surface area contributed by atoms with E-state index in [9.17, 15) is 9.59 Å². The van der Waals surface area contributed by atoms with E-state index in [1.54, 1.807) is 11.8 Å². The molecule has 1 rings (SSSR count). The van der Waals surface area contributed by atoms with Gasteiger partial charge in [-0.05, 0) is 67.2 Å². The second-order valence-corrected chi connectivity index (χ2v) is 26.7. The number of carbonyl (C=O) groups is 2. The summed E-state index contributed by atoms with van der Waals surface area (Å²) in [6.45, 7) is 27.5. The molecule has 0 bridgehead atoms. The maximum atomic E-state index is 13.2. The molecule has 4 atom stereocenters. The Morgan fingerprint density at radius 2 is 1.56 bits per heavy atom. The lowest BCUT2D eigenvalue weighted by atomic mass is 9.96. The predicted octanol–water partition coefficient (Wildman–Crippen LogP) is 10.5. The molecule has 0 saturated carbocycles. The molecule has 1 aliphatic carbocycles. The lowest BCUT2D eigenvalue weighted by molar-refractivity contribution is -0.140. The molecule has 0 amide bonds. The van der Waals surface area contributed by atoms with Gasteiger partial charge in [0.2, 0.25) is 0 Å². The number of carbonyl (C=O) groups excluding carboxylic acids is 2. The molecule has 0 aliphatic heterocycles. The largest absolute Gasteiger partial charge is 0.469 e. The van der Waals surface area contributed by atoms with Crippen LogP contribution in [-0.2, 0) is 27.9 Å². The molecule has 1 aliphatic rings. The van der Waals surface area contributed by atoms with E-state index in [2.05, 4.69) is 93.7 Å². The standard InChI is InChI=1S/C36H68O6SSi2/c1-15-16-20-27(2)25-28(41-44(11,12)35(3,4)5)22-23-29-31(42-45(13,14)36(6,7)8)26-30(34(38)40-10)33(29)43-24-19-17-18-21-32(37)39-9/h22-23,27-29,31H,15-21,24-26H2,1-14H3/b23-22+/t27-,28-,29+,31-/m1/s1. The molecular weight excluding hydrogens is 617 g/mol. The predicted molar refractivity (Wildman–Crippen MR) is 197 cm³/mol. The van der Waals surface area contributed by atoms with Crippen LogP contribution in [0.5, 0.6) is 0 Å². The molecule has 0 unspecified atom stereocenters. The van der Waals surface area contributed by atoms with Crippen molar-refractivity contribution in [3.63, 3.8) is 0 Å². The summed E-state index contributed by atoms with van der Waals surface area (Å²) in [5, 5.41) is 0.158. The van der Waals surface area contributed by atoms with Gasteiger partial charge in [-0.2, -0.15) is 0 Å². The van der Waals surface area contributed by atoms with Gasteiger partial charge >= 0.3 is 11.9 Å². The van der Waals surface area contributed by atoms with Crippen molar-refractivity contribution in [2.45, 2.75) is 162 Å². The Morgan fingerprint density at radius 1 is 0.933 bits per heavy atom. The minimum Gasteiger partial charge on any atom is -0.469 e. The Labute approximate surface area is 283 Å². The highest BCUT2D eigenvalue weighted by Gasteiger charge is 2.45. The van der Waals surface area contributed by atoms with E-state index in [1.807, 2.05) is 0 Å². The molecule has 45 heavy (non-hydrogen) atoms. The van der Waals surface area contributed by atoms with Crippen molar-refractivity contribution in [1.29, 1.82) is 0 Å². The third-order valence-electron chi connectivity index (χ3n) is 10.1. The van der Waals surface area contributed by atoms with Crippen molar-refractivity contribution in [2.75, 3.05) is 20.0 Å². The van der Waals surface area contributed by atoms with Crippen molar-refractivity contribution < 1.29 is 27.9 Å². The SMILES string of the molecule is CCCC[C@@H](C)C[C@@H](/C=C/[C@@H]1C(SCCCCCC(=O)OC)=C(C(=O)OC)C[C@H]1O[Si](C)(C)C(C)(C)C)O[Si](C)(C)C(C)(C)C. The van der Waals surface area contributed by atoms with Crippen molar-refractivity contribution in [3.8, 4) is 0 Å². The first-order valence-corrected chi connectivity index (χ1v) is 24.1. The zero-order valence-corrected chi connectivity index (χ0v) is 34.2. The normalized spacial score (nSPS) is 19.7. The molecular formula is C36H68O6SSi2. The minimum absolute atomic E-state index is 0.0121. The summed E-state index contributed by atoms with van der Waals surface area (Å²) in [7, 11) is -1.25. The van der Waals surface area contributed by atoms with Crippen LogP contribution in [0.25, 0.3) is 0 Å². The third kappa shape index (κ3) is 13.6. The summed E-state index contributed by atoms with van der Waals surface area (Å²) in [5.41, 5.74) is 0.744. The van der Waals surface area contributed by atoms with Gasteiger partial charge in [-0.15, -0.1) is 11.8 Å². The topological polar surface area (TPSA) is 71.1 Å². The summed E-state index contributed by atoms with van der Waals surface area (Å²) in [6.07, 6.45) is 12.8. The fourth-order valence-corrected chi connectivity index (χ4v) is 8.99. The van der Waals surface area contributed by atoms with Gasteiger partial charge in [0.05, 0.1) is 26.4 Å². The Hall–Kier alpha value is -0.876. The van der Waals surface area contributed by atoms with Crippen molar-refractivity contribution in [1.82, 2.24) is 0 Å². The summed E-state index contributed by atoms with van der Waals surface area (Å²) in [6, 6.07) is 0. The van der Waals surface area contributed by atoms with Gasteiger partial charge in [-0.1, -0.05) is 93.2 Å². The first-order valence-electron chi connectivity index (χ1n) is 17.3. The Morgan fingerprint density at radius 3 is 2.09 bits per heavy atom. The molecule has 0 aromatic heterocycles. The van der Waals surface area contributed by atoms with E-state index in [0.29, 0.717) is 18.8 Å². The molecule has 0 fully saturated rings. The number of methoxy groups -OCH3 is 2. The van der Waals surface area contributed by atoms with Gasteiger partial charge in [0.25, 0.3) is 0 Å². The minimum atomic E-state index is -2.13. The maximum Gasteiger partial charge on any atom is 0.334 e. The zero-order chi connectivity index (χ0) is 34.6. The maximum absolute atomic E-state index is 13.2. The van der Waals surface area contributed by atoms with Crippen LogP contribution < -0.4 is 0 Å². The van der Waals surface area contributed by atoms with Crippen LogP contribution >= 0.6 is 11.8 Å². The molecule has 0 heterocycles. The van der Waals surface area contributed by atoms with Crippen LogP contribution in [-0.4, -0.2) is 60.8 Å². The van der Waals surface area contributed by atoms with Crippen LogP contribution in [0.2, 0.25) is 36.3 Å². The van der Waals surface area contributed by atoms with Crippen LogP contribution in [0, 0.1) is 11.8 Å². The van der Waals surface area contributed by atoms with Crippen molar-refractivity contribution in [2.24, 2.45) is 11.8 Å². The molecule has 0 aromatic rings. The molecule has 262 valence electrons. The van der Waals surface area contributed by atoms with Gasteiger partial charge in [-0.3, -0.25) is 4.79 Å². The lowest BCUT2D eigenvalue weighted by Crippen LogP contribution is -2.45. The number of hydrogen-bond donors (Lipinski definition) is 0. The summed E-state index contributed by atoms with van der Waals surface area (Å²) >= 11 is 1.75. The van der Waals surface area contributed by atoms with E-state index in [1.165, 1.54) is 33.5 Å². The summed E-state index contributed by atoms with van der Waals surface area (Å²) in [5.74, 6) is 0.970. The Balaban J connectivity index is 3.47. The van der Waals surface area contributed by atoms with Gasteiger partial charge in [0.1, 0.15) is 0 Å². The summed E-state index contributed by atoms with van der Waals surface area (Å²) in [4.78, 5) is 25.8. The molecule has 0 N–H and O–H groups in total. The van der Waals surface area contributed by atoms with Crippen LogP contribution in [0.3, 0.4) is 0 Å². The fourth-order valence-electron chi connectivity index (χ4n) is 5.03. The second-order valence-electron chi connectivity index (χ2n) is 16.0. The zero-order valence-electron chi connectivity index (χ0n) is 31.4. The van der Waals surface area contributed by atoms with Crippen molar-refractivity contribution >= 4 is 40.3 Å². The highest BCUT2D eigenvalue weighted by atomic mass is 32.2. The van der Waals surface area contributed by atoms with E-state index in [0.717, 1.165) is 41.9 Å². The average molecular weight is 685 g/mol.